The van der Waals surface area contributed by atoms with Crippen LogP contribution in [0.2, 0.25) is 0 Å². The Bertz CT molecular complexity index is 1420. The second kappa shape index (κ2) is 13.7. The van der Waals surface area contributed by atoms with Crippen LogP contribution in [0, 0.1) is 20.2 Å². The number of carbonyl (C=O) groups excluding carboxylic acids is 2. The number of hydrogen-bond donors (Lipinski definition) is 0. The van der Waals surface area contributed by atoms with Crippen molar-refractivity contribution in [3.63, 3.8) is 0 Å². The van der Waals surface area contributed by atoms with E-state index in [-0.39, 0.29) is 70.4 Å². The fourth-order valence-electron chi connectivity index (χ4n) is 3.98. The SMILES string of the molecule is CC1(C)[N+](=O)C(c2cccc(C(=O)[O-])n2)=[N+]([O-])C1(C)C.CC1(C)[N+](=O)C(c2cccc(C(=O)[O-])n2)=[N+]([O-])C1(C)C.O.O.O.[Zn]. The first-order valence-corrected chi connectivity index (χ1v) is 12.2. The van der Waals surface area contributed by atoms with Crippen LogP contribution in [-0.2, 0) is 19.5 Å². The van der Waals surface area contributed by atoms with Gasteiger partial charge in [-0.25, -0.2) is 9.97 Å². The van der Waals surface area contributed by atoms with Crippen LogP contribution < -0.4 is 10.2 Å². The van der Waals surface area contributed by atoms with Crippen molar-refractivity contribution < 1.29 is 74.7 Å². The van der Waals surface area contributed by atoms with Crippen LogP contribution in [0.5, 0.6) is 0 Å². The minimum Gasteiger partial charge on any atom is -0.618 e. The summed E-state index contributed by atoms with van der Waals surface area (Å²) in [5.41, 5.74) is -4.47. The summed E-state index contributed by atoms with van der Waals surface area (Å²) in [6.07, 6.45) is 0. The van der Waals surface area contributed by atoms with Crippen LogP contribution in [0.3, 0.4) is 0 Å². The third-order valence-corrected chi connectivity index (χ3v) is 8.17. The van der Waals surface area contributed by atoms with E-state index in [1.165, 1.54) is 36.4 Å². The van der Waals surface area contributed by atoms with Gasteiger partial charge in [-0.3, -0.25) is 0 Å². The van der Waals surface area contributed by atoms with E-state index in [2.05, 4.69) is 9.97 Å². The molecule has 4 heterocycles. The van der Waals surface area contributed by atoms with E-state index in [9.17, 15) is 40.0 Å². The van der Waals surface area contributed by atoms with Gasteiger partial charge in [-0.15, -0.1) is 9.48 Å². The molecule has 0 aliphatic carbocycles. The zero-order chi connectivity index (χ0) is 30.6. The van der Waals surface area contributed by atoms with Crippen molar-refractivity contribution in [3.05, 3.63) is 79.4 Å². The number of aromatic nitrogens is 2. The molecule has 0 radical (unpaired) electrons. The van der Waals surface area contributed by atoms with Crippen LogP contribution in [0.4, 0.5) is 0 Å². The van der Waals surface area contributed by atoms with Crippen LogP contribution in [0.15, 0.2) is 36.4 Å². The molecule has 0 aromatic carbocycles. The summed E-state index contributed by atoms with van der Waals surface area (Å²) in [4.78, 5) is 54.0. The van der Waals surface area contributed by atoms with E-state index in [4.69, 9.17) is 0 Å². The Hall–Kier alpha value is -4.12. The molecule has 44 heavy (non-hydrogen) atoms. The molecule has 2 aliphatic heterocycles. The standard InChI is InChI=1S/2C13H15N3O4.3H2O.Zn/c2*1-12(2)13(3,4)16(20)10(15(12)19)8-6-5-7-9(14-8)11(17)18;;;;/h2*5-7H,1-4H3;3*1H2;. The predicted molar refractivity (Wildman–Crippen MR) is 147 cm³/mol. The molecule has 0 bridgehead atoms. The zero-order valence-corrected chi connectivity index (χ0v) is 28.6. The Morgan fingerprint density at radius 1 is 0.591 bits per heavy atom. The molecule has 0 atom stereocenters. The fourth-order valence-corrected chi connectivity index (χ4v) is 3.98. The van der Waals surface area contributed by atoms with Crippen molar-refractivity contribution in [2.24, 2.45) is 0 Å². The van der Waals surface area contributed by atoms with Gasteiger partial charge >= 0.3 is 11.7 Å². The van der Waals surface area contributed by atoms with E-state index in [1.54, 1.807) is 55.4 Å². The molecule has 0 unspecified atom stereocenters. The Labute approximate surface area is 265 Å². The quantitative estimate of drug-likeness (QED) is 0.189. The van der Waals surface area contributed by atoms with Gasteiger partial charge in [0.2, 0.25) is 22.5 Å². The van der Waals surface area contributed by atoms with Crippen molar-refractivity contribution in [3.8, 4) is 0 Å². The molecule has 0 saturated heterocycles. The van der Waals surface area contributed by atoms with Gasteiger partial charge < -0.3 is 46.6 Å². The number of aromatic carboxylic acids is 2. The minimum atomic E-state index is -1.46. The van der Waals surface area contributed by atoms with Gasteiger partial charge in [0.25, 0.3) is 11.1 Å². The average Bonchev–Trinajstić information content (AvgIpc) is 3.08. The number of carboxylic acid groups (broad SMARTS) is 2. The molecule has 2 aromatic heterocycles. The van der Waals surface area contributed by atoms with Crippen molar-refractivity contribution in [2.45, 2.75) is 77.5 Å². The molecule has 0 amide bonds. The molecule has 2 aliphatic rings. The van der Waals surface area contributed by atoms with Gasteiger partial charge in [0.15, 0.2) is 0 Å². The number of carboxylic acids is 2. The number of rotatable bonds is 4. The topological polar surface area (TPSA) is 293 Å². The molecule has 6 N–H and O–H groups in total. The average molecular weight is 674 g/mol. The molecule has 4 rings (SSSR count). The third-order valence-electron chi connectivity index (χ3n) is 8.17. The number of carbonyl (C=O) groups is 2. The zero-order valence-electron chi connectivity index (χ0n) is 25.6. The number of hydrogen-bond acceptors (Lipinski definition) is 10. The van der Waals surface area contributed by atoms with Crippen LogP contribution in [0.1, 0.15) is 87.8 Å². The van der Waals surface area contributed by atoms with E-state index in [0.29, 0.717) is 19.0 Å². The summed E-state index contributed by atoms with van der Waals surface area (Å²) in [5, 5.41) is 46.4. The van der Waals surface area contributed by atoms with Crippen molar-refractivity contribution in [1.82, 2.24) is 9.97 Å². The Balaban J connectivity index is 0. The first-order chi connectivity index (χ1) is 18.2. The largest absolute Gasteiger partial charge is 0.618 e. The van der Waals surface area contributed by atoms with E-state index in [0.717, 1.165) is 0 Å². The normalized spacial score (nSPS) is 18.5. The number of hydroxylamine groups is 2. The van der Waals surface area contributed by atoms with Crippen LogP contribution in [0.25, 0.3) is 0 Å². The molecular weight excluding hydrogens is 638 g/mol. The molecule has 0 spiro atoms. The first-order valence-electron chi connectivity index (χ1n) is 12.2. The van der Waals surface area contributed by atoms with Gasteiger partial charge in [-0.2, -0.15) is 0 Å². The van der Waals surface area contributed by atoms with Gasteiger partial charge in [0, 0.05) is 84.7 Å². The molecule has 0 saturated carbocycles. The molecule has 18 heteroatoms. The summed E-state index contributed by atoms with van der Waals surface area (Å²) in [6, 6.07) is 8.18. The summed E-state index contributed by atoms with van der Waals surface area (Å²) in [7, 11) is 0. The number of pyridine rings is 2. The van der Waals surface area contributed by atoms with Gasteiger partial charge in [-0.1, -0.05) is 12.1 Å². The maximum atomic E-state index is 12.4. The minimum absolute atomic E-state index is 0. The number of nitroso groups, excluding NO2 is 2. The fraction of sp³-hybridized carbons (Fsp3) is 0.462. The monoisotopic (exact) mass is 672 g/mol. The van der Waals surface area contributed by atoms with Gasteiger partial charge in [0.05, 0.1) is 23.3 Å². The number of amidine groups is 2. The molecule has 17 nitrogen and oxygen atoms in total. The number of nitrogens with zero attached hydrogens (tertiary/aromatic N) is 6. The van der Waals surface area contributed by atoms with E-state index in [1.807, 2.05) is 0 Å². The summed E-state index contributed by atoms with van der Waals surface area (Å²) >= 11 is 0. The summed E-state index contributed by atoms with van der Waals surface area (Å²) < 4.78 is 2.34. The van der Waals surface area contributed by atoms with Crippen molar-refractivity contribution in [1.29, 1.82) is 0 Å². The van der Waals surface area contributed by atoms with E-state index < -0.39 is 34.1 Å². The molecule has 238 valence electrons. The smallest absolute Gasteiger partial charge is 0.523 e. The summed E-state index contributed by atoms with van der Waals surface area (Å²) in [6.45, 7) is 13.2. The van der Waals surface area contributed by atoms with Gasteiger partial charge in [-0.05, 0) is 24.3 Å². The van der Waals surface area contributed by atoms with E-state index >= 15 is 0 Å². The Kier molecular flexibility index (Phi) is 13.1. The second-order valence-electron chi connectivity index (χ2n) is 11.5. The summed E-state index contributed by atoms with van der Waals surface area (Å²) in [5.74, 6) is -3.30. The maximum Gasteiger partial charge on any atom is 0.523 e. The molecular formula is C26H36N6O11Zn. The molecule has 2 aromatic rings. The van der Waals surface area contributed by atoms with Crippen LogP contribution >= 0.6 is 0 Å². The Morgan fingerprint density at radius 3 is 1.07 bits per heavy atom. The van der Waals surface area contributed by atoms with Crippen molar-refractivity contribution in [2.75, 3.05) is 0 Å². The second-order valence-corrected chi connectivity index (χ2v) is 11.5. The predicted octanol–water partition coefficient (Wildman–Crippen LogP) is -2.37. The van der Waals surface area contributed by atoms with Gasteiger partial charge in [0.1, 0.15) is 9.52 Å². The Morgan fingerprint density at radius 2 is 0.864 bits per heavy atom. The maximum absolute atomic E-state index is 12.4. The first kappa shape index (κ1) is 42.0. The van der Waals surface area contributed by atoms with Crippen LogP contribution in [-0.4, -0.2) is 91.2 Å². The third kappa shape index (κ3) is 6.38. The van der Waals surface area contributed by atoms with Crippen molar-refractivity contribution >= 4 is 23.6 Å². The molecule has 0 fully saturated rings.